The fourth-order valence-electron chi connectivity index (χ4n) is 8.14. The van der Waals surface area contributed by atoms with Crippen LogP contribution >= 0.6 is 92.8 Å². The molecule has 0 aliphatic carbocycles. The zero-order chi connectivity index (χ0) is 63.1. The van der Waals surface area contributed by atoms with Gasteiger partial charge in [0.15, 0.2) is 0 Å². The van der Waals surface area contributed by atoms with Crippen molar-refractivity contribution in [2.45, 2.75) is 0 Å². The molecule has 0 aliphatic heterocycles. The average Bonchev–Trinajstić information content (AvgIpc) is 3.36. The Morgan fingerprint density at radius 1 is 0.267 bits per heavy atom. The van der Waals surface area contributed by atoms with E-state index in [0.717, 1.165) is 24.3 Å². The van der Waals surface area contributed by atoms with Gasteiger partial charge in [-0.2, -0.15) is 0 Å². The predicted molar refractivity (Wildman–Crippen MR) is 341 cm³/mol. The summed E-state index contributed by atoms with van der Waals surface area (Å²) >= 11 is 38.1. The number of aromatic nitrogens is 24. The van der Waals surface area contributed by atoms with E-state index in [1.807, 2.05) is 202 Å². The molecule has 0 saturated heterocycles. The van der Waals surface area contributed by atoms with Gasteiger partial charge in [0.2, 0.25) is 0 Å². The number of rotatable bonds is 14. The first kappa shape index (κ1) is 78.2. The van der Waals surface area contributed by atoms with E-state index in [1.165, 1.54) is 0 Å². The Morgan fingerprint density at radius 2 is 0.367 bits per heavy atom. The number of carboxylic acid groups (broad SMARTS) is 2. The standard InChI is InChI=1S/4C9H10BN6.C8H6O4.4CH2Cl2.2Gd/c4*1-4-11-14(7-1)10(15-8-2-5-12-15)16-9-3-6-13-16;9-7(10)5-1-2-6(4-3-5)8(11)12;4*2-1-3;;/h4*1-10H;1-4H,(H,9,10)(H,11,12);4*1H2;;/q4*-1;;;;;;2*+3/p-2. The third kappa shape index (κ3) is 25.9. The fraction of sp³-hybridized carbons (Fsp3) is 0.0833. The van der Waals surface area contributed by atoms with Gasteiger partial charge < -0.3 is 74.9 Å². The molecular weight excluding hydrogens is 1620 g/mol. The molecule has 0 atom stereocenters. The maximum atomic E-state index is 10.2. The van der Waals surface area contributed by atoms with E-state index in [-0.39, 0.29) is 112 Å². The van der Waals surface area contributed by atoms with Crippen LogP contribution in [0.3, 0.4) is 0 Å². The number of aromatic carboxylic acids is 2. The SMILES string of the molecule is ClCCl.ClCCl.ClCCl.ClCCl.O=C([O-])c1ccc(C(=O)[O-])cc1.[Gd+3].[Gd+3].c1cnn([BH-](n2cccn2)n2cccn2)c1.c1cnn([BH-](n2cccn2)n2cccn2)c1.c1cnn([BH-](n2cccn2)n2cccn2)c1.c1cnn([BH-](n2cccn2)n2cccn2)c1. The number of benzene rings is 1. The van der Waals surface area contributed by atoms with Crippen molar-refractivity contribution in [2.24, 2.45) is 0 Å². The number of carbonyl (C=O) groups excluding carboxylic acids is 2. The zero-order valence-electron chi connectivity index (χ0n) is 46.8. The van der Waals surface area contributed by atoms with Gasteiger partial charge in [-0.1, -0.05) is 24.3 Å². The van der Waals surface area contributed by atoms with Gasteiger partial charge in [-0.25, -0.2) is 61.2 Å². The van der Waals surface area contributed by atoms with E-state index < -0.39 is 40.4 Å². The summed E-state index contributed by atoms with van der Waals surface area (Å²) in [5, 5.41) is 72.3. The van der Waals surface area contributed by atoms with Gasteiger partial charge in [-0.3, -0.25) is 0 Å². The molecule has 28 nitrogen and oxygen atoms in total. The number of halogens is 8. The van der Waals surface area contributed by atoms with E-state index in [0.29, 0.717) is 0 Å². The number of carbonyl (C=O) groups is 2. The number of hydrogen-bond acceptors (Lipinski definition) is 16. The maximum absolute atomic E-state index is 10.2. The Morgan fingerprint density at radius 3 is 0.433 bits per heavy atom. The fourth-order valence-corrected chi connectivity index (χ4v) is 8.14. The number of alkyl halides is 8. The normalized spacial score (nSPS) is 9.91. The second kappa shape index (κ2) is 46.0. The van der Waals surface area contributed by atoms with Crippen molar-refractivity contribution >= 4 is 133 Å². The molecule has 0 N–H and O–H groups in total. The van der Waals surface area contributed by atoms with Crippen LogP contribution in [0, 0.1) is 79.9 Å². The summed E-state index contributed by atoms with van der Waals surface area (Å²) in [6, 6.07) is 27.4. The quantitative estimate of drug-likeness (QED) is 0.110. The molecule has 0 aliphatic rings. The van der Waals surface area contributed by atoms with E-state index >= 15 is 0 Å². The minimum absolute atomic E-state index is 0. The molecule has 472 valence electrons. The monoisotopic (exact) mass is 1670 g/mol. The van der Waals surface area contributed by atoms with Crippen LogP contribution in [0.25, 0.3) is 0 Å². The molecule has 0 saturated carbocycles. The van der Waals surface area contributed by atoms with Gasteiger partial charge in [0.25, 0.3) is 0 Å². The third-order valence-electron chi connectivity index (χ3n) is 11.5. The number of nitrogens with zero attached hydrogens (tertiary/aromatic N) is 24. The zero-order valence-corrected chi connectivity index (χ0v) is 57.4. The first-order chi connectivity index (χ1) is 43.1. The summed E-state index contributed by atoms with van der Waals surface area (Å²) in [6.07, 6.45) is 44.1. The maximum Gasteiger partial charge on any atom is 3.00 e. The third-order valence-corrected chi connectivity index (χ3v) is 11.5. The molecular formula is C48H52B4Cl8Gd2N24O4. The minimum atomic E-state index is -1.33. The van der Waals surface area contributed by atoms with Crippen LogP contribution in [-0.2, 0) is 0 Å². The van der Waals surface area contributed by atoms with Crippen LogP contribution in [0.5, 0.6) is 0 Å². The van der Waals surface area contributed by atoms with Crippen molar-refractivity contribution in [1.29, 1.82) is 0 Å². The molecule has 12 heterocycles. The van der Waals surface area contributed by atoms with E-state index in [9.17, 15) is 19.8 Å². The van der Waals surface area contributed by atoms with Crippen LogP contribution in [0.4, 0.5) is 0 Å². The molecule has 0 bridgehead atoms. The molecule has 13 rings (SSSR count). The van der Waals surface area contributed by atoms with Crippen molar-refractivity contribution in [1.82, 2.24) is 116 Å². The van der Waals surface area contributed by atoms with Crippen LogP contribution in [0.15, 0.2) is 246 Å². The predicted octanol–water partition coefficient (Wildman–Crippen LogP) is 3.85. The molecule has 1 aromatic carbocycles. The molecule has 0 unspecified atom stereocenters. The number of hydrogen-bond donors (Lipinski definition) is 0. The summed E-state index contributed by atoms with van der Waals surface area (Å²) in [4.78, 5) is 20.4. The first-order valence-corrected chi connectivity index (χ1v) is 29.9. The van der Waals surface area contributed by atoms with Gasteiger partial charge in [0, 0.05) is 74.4 Å². The summed E-state index contributed by atoms with van der Waals surface area (Å²) in [6.45, 7) is 0. The Labute approximate surface area is 620 Å². The summed E-state index contributed by atoms with van der Waals surface area (Å²) in [5.74, 6) is -2.67. The summed E-state index contributed by atoms with van der Waals surface area (Å²) in [5.41, 5.74) is -0.111. The van der Waals surface area contributed by atoms with Crippen LogP contribution in [-0.4, -0.2) is 178 Å². The van der Waals surface area contributed by atoms with Crippen molar-refractivity contribution in [2.75, 3.05) is 21.4 Å². The van der Waals surface area contributed by atoms with Gasteiger partial charge in [-0.05, 0) is 158 Å². The second-order valence-electron chi connectivity index (χ2n) is 16.8. The van der Waals surface area contributed by atoms with E-state index in [2.05, 4.69) is 61.2 Å². The largest absolute Gasteiger partial charge is 3.00 e. The molecule has 0 fully saturated rings. The van der Waals surface area contributed by atoms with Gasteiger partial charge in [0.1, 0.15) is 0 Å². The molecule has 0 amide bonds. The van der Waals surface area contributed by atoms with Gasteiger partial charge >= 0.3 is 108 Å². The topological polar surface area (TPSA) is 294 Å². The Balaban J connectivity index is 0.000000280. The molecule has 0 spiro atoms. The smallest absolute Gasteiger partial charge is 0.545 e. The van der Waals surface area contributed by atoms with Crippen LogP contribution < -0.4 is 10.2 Å². The Hall–Kier alpha value is -6.09. The Kier molecular flexibility index (Phi) is 40.0. The average molecular weight is 1670 g/mol. The second-order valence-corrected chi connectivity index (χ2v) is 20.0. The first-order valence-electron chi connectivity index (χ1n) is 25.7. The van der Waals surface area contributed by atoms with Crippen molar-refractivity contribution in [3.05, 3.63) is 257 Å². The van der Waals surface area contributed by atoms with Gasteiger partial charge in [0.05, 0.1) is 33.3 Å². The minimum Gasteiger partial charge on any atom is -0.545 e. The summed E-state index contributed by atoms with van der Waals surface area (Å²) in [7, 11) is -4.50. The van der Waals surface area contributed by atoms with Crippen molar-refractivity contribution < 1.29 is 99.7 Å². The van der Waals surface area contributed by atoms with Crippen LogP contribution in [0.2, 0.25) is 0 Å². The molecule has 12 aromatic heterocycles. The van der Waals surface area contributed by atoms with E-state index in [4.69, 9.17) is 92.8 Å². The molecule has 13 aromatic rings. The van der Waals surface area contributed by atoms with Crippen molar-refractivity contribution in [3.63, 3.8) is 0 Å². The molecule has 2 radical (unpaired) electrons. The Bertz CT molecular complexity index is 2890. The van der Waals surface area contributed by atoms with Crippen molar-refractivity contribution in [3.8, 4) is 0 Å². The van der Waals surface area contributed by atoms with Crippen LogP contribution in [0.1, 0.15) is 20.7 Å². The summed E-state index contributed by atoms with van der Waals surface area (Å²) < 4.78 is 22.5. The van der Waals surface area contributed by atoms with E-state index in [1.54, 1.807) is 74.4 Å². The van der Waals surface area contributed by atoms with Gasteiger partial charge in [-0.15, -0.1) is 92.8 Å². The number of carboxylic acids is 2. The molecule has 42 heteroatoms. The molecule has 90 heavy (non-hydrogen) atoms.